The number of fused-ring (bicyclic) bond motifs is 1. The highest BCUT2D eigenvalue weighted by molar-refractivity contribution is 7.89. The molecule has 0 amide bonds. The largest absolute Gasteiger partial charge is 0.384 e. The van der Waals surface area contributed by atoms with Crippen LogP contribution in [0.3, 0.4) is 0 Å². The van der Waals surface area contributed by atoms with Crippen LogP contribution < -0.4 is 10.0 Å². The molecule has 0 spiro atoms. The van der Waals surface area contributed by atoms with Crippen LogP contribution in [-0.4, -0.2) is 24.9 Å². The lowest BCUT2D eigenvalue weighted by Gasteiger charge is -2.08. The summed E-state index contributed by atoms with van der Waals surface area (Å²) in [6.07, 6.45) is 2.47. The summed E-state index contributed by atoms with van der Waals surface area (Å²) in [7, 11) is -3.53. The van der Waals surface area contributed by atoms with Crippen LogP contribution in [0.25, 0.3) is 0 Å². The quantitative estimate of drug-likeness (QED) is 0.887. The number of nitrogens with one attached hydrogen (secondary N) is 2. The number of sulfonamides is 1. The summed E-state index contributed by atoms with van der Waals surface area (Å²) in [4.78, 5) is 8.45. The van der Waals surface area contributed by atoms with Crippen molar-refractivity contribution in [3.05, 3.63) is 47.5 Å². The number of aromatic nitrogens is 2. The van der Waals surface area contributed by atoms with Gasteiger partial charge in [-0.05, 0) is 43.2 Å². The van der Waals surface area contributed by atoms with E-state index in [2.05, 4.69) is 20.0 Å². The normalized spacial score (nSPS) is 13.8. The zero-order chi connectivity index (χ0) is 14.9. The Balaban J connectivity index is 1.78. The maximum atomic E-state index is 12.3. The van der Waals surface area contributed by atoms with Gasteiger partial charge in [-0.3, -0.25) is 0 Å². The zero-order valence-electron chi connectivity index (χ0n) is 11.6. The first-order chi connectivity index (χ1) is 10.0. The molecule has 6 nitrogen and oxygen atoms in total. The predicted octanol–water partition coefficient (Wildman–Crippen LogP) is 1.23. The Morgan fingerprint density at radius 2 is 2.19 bits per heavy atom. The van der Waals surface area contributed by atoms with Crippen LogP contribution >= 0.6 is 0 Å². The Kier molecular flexibility index (Phi) is 3.60. The number of anilines is 1. The number of rotatable bonds is 4. The third-order valence-corrected chi connectivity index (χ3v) is 4.77. The summed E-state index contributed by atoms with van der Waals surface area (Å²) in [5.74, 6) is 0.621. The van der Waals surface area contributed by atoms with E-state index in [4.69, 9.17) is 0 Å². The summed E-state index contributed by atoms with van der Waals surface area (Å²) in [6.45, 7) is 2.78. The minimum atomic E-state index is -3.53. The fraction of sp³-hybridized carbons (Fsp3) is 0.286. The van der Waals surface area contributed by atoms with E-state index in [1.165, 1.54) is 0 Å². The monoisotopic (exact) mass is 304 g/mol. The second-order valence-electron chi connectivity index (χ2n) is 4.92. The van der Waals surface area contributed by atoms with Crippen molar-refractivity contribution in [1.82, 2.24) is 14.7 Å². The lowest BCUT2D eigenvalue weighted by molar-refractivity contribution is 0.580. The summed E-state index contributed by atoms with van der Waals surface area (Å²) in [5.41, 5.74) is 2.70. The average molecular weight is 304 g/mol. The summed E-state index contributed by atoms with van der Waals surface area (Å²) in [5, 5.41) is 3.21. The lowest BCUT2D eigenvalue weighted by Crippen LogP contribution is -2.24. The molecule has 110 valence electrons. The molecule has 2 N–H and O–H groups in total. The van der Waals surface area contributed by atoms with Gasteiger partial charge in [-0.15, -0.1) is 0 Å². The van der Waals surface area contributed by atoms with Crippen LogP contribution in [0.1, 0.15) is 17.1 Å². The molecule has 1 aliphatic rings. The molecular formula is C14H16N4O2S. The average Bonchev–Trinajstić information content (AvgIpc) is 2.93. The third-order valence-electron chi connectivity index (χ3n) is 3.37. The highest BCUT2D eigenvalue weighted by Crippen LogP contribution is 2.24. The van der Waals surface area contributed by atoms with E-state index in [0.717, 1.165) is 24.2 Å². The summed E-state index contributed by atoms with van der Waals surface area (Å²) in [6, 6.07) is 6.85. The molecule has 0 aliphatic carbocycles. The Morgan fingerprint density at radius 1 is 1.33 bits per heavy atom. The van der Waals surface area contributed by atoms with Crippen molar-refractivity contribution >= 4 is 15.7 Å². The minimum absolute atomic E-state index is 0.154. The van der Waals surface area contributed by atoms with Gasteiger partial charge in [0.05, 0.1) is 17.1 Å². The first-order valence-corrected chi connectivity index (χ1v) is 8.18. The topological polar surface area (TPSA) is 84.0 Å². The van der Waals surface area contributed by atoms with Gasteiger partial charge in [-0.1, -0.05) is 0 Å². The van der Waals surface area contributed by atoms with Crippen LogP contribution in [0.15, 0.2) is 35.4 Å². The van der Waals surface area contributed by atoms with Crippen molar-refractivity contribution in [1.29, 1.82) is 0 Å². The molecule has 0 bridgehead atoms. The molecule has 2 aromatic rings. The van der Waals surface area contributed by atoms with Crippen molar-refractivity contribution in [2.24, 2.45) is 0 Å². The maximum absolute atomic E-state index is 12.3. The van der Waals surface area contributed by atoms with Crippen molar-refractivity contribution in [2.75, 3.05) is 11.9 Å². The molecular weight excluding hydrogens is 288 g/mol. The lowest BCUT2D eigenvalue weighted by atomic mass is 10.2. The predicted molar refractivity (Wildman–Crippen MR) is 79.4 cm³/mol. The van der Waals surface area contributed by atoms with Crippen LogP contribution in [0, 0.1) is 6.92 Å². The van der Waals surface area contributed by atoms with E-state index in [1.807, 2.05) is 6.07 Å². The Hall–Kier alpha value is -1.99. The highest BCUT2D eigenvalue weighted by Gasteiger charge is 2.18. The van der Waals surface area contributed by atoms with E-state index >= 15 is 0 Å². The van der Waals surface area contributed by atoms with E-state index < -0.39 is 10.0 Å². The van der Waals surface area contributed by atoms with Crippen LogP contribution in [-0.2, 0) is 23.0 Å². The van der Waals surface area contributed by atoms with E-state index in [0.29, 0.717) is 11.5 Å². The molecule has 0 radical (unpaired) electrons. The fourth-order valence-electron chi connectivity index (χ4n) is 2.30. The number of hydrogen-bond donors (Lipinski definition) is 2. The van der Waals surface area contributed by atoms with Gasteiger partial charge in [0.1, 0.15) is 5.82 Å². The van der Waals surface area contributed by atoms with E-state index in [9.17, 15) is 8.42 Å². The third kappa shape index (κ3) is 3.03. The highest BCUT2D eigenvalue weighted by atomic mass is 32.2. The Morgan fingerprint density at radius 3 is 3.00 bits per heavy atom. The second-order valence-corrected chi connectivity index (χ2v) is 6.68. The molecule has 0 unspecified atom stereocenters. The van der Waals surface area contributed by atoms with Crippen LogP contribution in [0.4, 0.5) is 5.69 Å². The fourth-order valence-corrected chi connectivity index (χ4v) is 3.35. The zero-order valence-corrected chi connectivity index (χ0v) is 12.4. The van der Waals surface area contributed by atoms with Crippen molar-refractivity contribution < 1.29 is 8.42 Å². The molecule has 0 saturated carbocycles. The summed E-state index contributed by atoms with van der Waals surface area (Å²) >= 11 is 0. The van der Waals surface area contributed by atoms with Gasteiger partial charge in [-0.2, -0.15) is 0 Å². The Labute approximate surface area is 123 Å². The van der Waals surface area contributed by atoms with Gasteiger partial charge >= 0.3 is 0 Å². The molecule has 1 aromatic heterocycles. The standard InChI is InChI=1S/C14H16N4O2S/c1-10-15-7-5-12(18-10)9-17-21(19,20)13-2-3-14-11(8-13)4-6-16-14/h2-3,5,7-8,16-17H,4,6,9H2,1H3. The van der Waals surface area contributed by atoms with Crippen molar-refractivity contribution in [3.8, 4) is 0 Å². The van der Waals surface area contributed by atoms with Crippen LogP contribution in [0.5, 0.6) is 0 Å². The number of hydrogen-bond acceptors (Lipinski definition) is 5. The van der Waals surface area contributed by atoms with Gasteiger partial charge < -0.3 is 5.32 Å². The molecule has 3 rings (SSSR count). The van der Waals surface area contributed by atoms with Crippen LogP contribution in [0.2, 0.25) is 0 Å². The number of aryl methyl sites for hydroxylation is 1. The smallest absolute Gasteiger partial charge is 0.240 e. The first-order valence-electron chi connectivity index (χ1n) is 6.69. The minimum Gasteiger partial charge on any atom is -0.384 e. The van der Waals surface area contributed by atoms with Gasteiger partial charge in [0.25, 0.3) is 0 Å². The van der Waals surface area contributed by atoms with Gasteiger partial charge in [-0.25, -0.2) is 23.1 Å². The molecule has 7 heteroatoms. The Bertz CT molecular complexity index is 774. The van der Waals surface area contributed by atoms with E-state index in [-0.39, 0.29) is 11.4 Å². The van der Waals surface area contributed by atoms with E-state index in [1.54, 1.807) is 31.3 Å². The van der Waals surface area contributed by atoms with Crippen molar-refractivity contribution in [2.45, 2.75) is 24.8 Å². The van der Waals surface area contributed by atoms with Gasteiger partial charge in [0.2, 0.25) is 10.0 Å². The molecule has 0 atom stereocenters. The molecule has 0 saturated heterocycles. The molecule has 21 heavy (non-hydrogen) atoms. The molecule has 1 aromatic carbocycles. The molecule has 0 fully saturated rings. The van der Waals surface area contributed by atoms with Gasteiger partial charge in [0.15, 0.2) is 0 Å². The number of benzene rings is 1. The first kappa shape index (κ1) is 14.0. The maximum Gasteiger partial charge on any atom is 0.240 e. The van der Waals surface area contributed by atoms with Gasteiger partial charge in [0, 0.05) is 18.4 Å². The molecule has 1 aliphatic heterocycles. The summed E-state index contributed by atoms with van der Waals surface area (Å²) < 4.78 is 27.2. The molecule has 2 heterocycles. The second kappa shape index (κ2) is 5.42. The SMILES string of the molecule is Cc1nccc(CNS(=O)(=O)c2ccc3c(c2)CCN3)n1. The van der Waals surface area contributed by atoms with Crippen molar-refractivity contribution in [3.63, 3.8) is 0 Å². The number of nitrogens with zero attached hydrogens (tertiary/aromatic N) is 2.